The summed E-state index contributed by atoms with van der Waals surface area (Å²) in [4.78, 5) is 19.2. The minimum atomic E-state index is 0.102. The molecular weight excluding hydrogens is 418 g/mol. The topological polar surface area (TPSA) is 77.7 Å². The van der Waals surface area contributed by atoms with Gasteiger partial charge in [0.15, 0.2) is 0 Å². The number of likely N-dealkylation sites (tertiary alicyclic amines) is 1. The van der Waals surface area contributed by atoms with E-state index in [0.29, 0.717) is 31.3 Å². The summed E-state index contributed by atoms with van der Waals surface area (Å²) in [5, 5.41) is 4.30. The number of carbonyl (C=O) groups excluding carboxylic acids is 1. The van der Waals surface area contributed by atoms with Gasteiger partial charge >= 0.3 is 0 Å². The van der Waals surface area contributed by atoms with Crippen LogP contribution in [0.15, 0.2) is 40.9 Å². The van der Waals surface area contributed by atoms with Gasteiger partial charge in [0, 0.05) is 31.2 Å². The molecule has 33 heavy (non-hydrogen) atoms. The maximum Gasteiger partial charge on any atom is 0.258 e. The number of ether oxygens (including phenoxy) is 2. The van der Waals surface area contributed by atoms with E-state index in [0.717, 1.165) is 28.9 Å². The fourth-order valence-corrected chi connectivity index (χ4v) is 5.12. The second-order valence-electron chi connectivity index (χ2n) is 9.14. The van der Waals surface area contributed by atoms with Crippen molar-refractivity contribution in [3.63, 3.8) is 0 Å². The van der Waals surface area contributed by atoms with Gasteiger partial charge in [-0.2, -0.15) is 4.98 Å². The van der Waals surface area contributed by atoms with E-state index in [9.17, 15) is 4.79 Å². The van der Waals surface area contributed by atoms with Gasteiger partial charge in [0.25, 0.3) is 5.89 Å². The molecule has 0 radical (unpaired) electrons. The number of amides is 1. The summed E-state index contributed by atoms with van der Waals surface area (Å²) >= 11 is 0. The van der Waals surface area contributed by atoms with Crippen LogP contribution in [0.25, 0.3) is 22.8 Å². The van der Waals surface area contributed by atoms with Crippen LogP contribution in [0.4, 0.5) is 0 Å². The third kappa shape index (κ3) is 3.91. The van der Waals surface area contributed by atoms with E-state index in [-0.39, 0.29) is 24.0 Å². The third-order valence-corrected chi connectivity index (χ3v) is 6.52. The van der Waals surface area contributed by atoms with E-state index in [1.807, 2.05) is 56.0 Å². The number of aromatic nitrogens is 2. The zero-order valence-corrected chi connectivity index (χ0v) is 19.5. The smallest absolute Gasteiger partial charge is 0.258 e. The predicted octanol–water partition coefficient (Wildman–Crippen LogP) is 4.59. The normalized spacial score (nSPS) is 19.3. The van der Waals surface area contributed by atoms with E-state index >= 15 is 0 Å². The highest BCUT2D eigenvalue weighted by Crippen LogP contribution is 2.49. The van der Waals surface area contributed by atoms with Gasteiger partial charge in [0.2, 0.25) is 11.7 Å². The van der Waals surface area contributed by atoms with Gasteiger partial charge in [0.05, 0.1) is 18.8 Å². The molecule has 5 rings (SSSR count). The number of fused-ring (bicyclic) bond motifs is 3. The number of hydrogen-bond acceptors (Lipinski definition) is 6. The van der Waals surface area contributed by atoms with Crippen molar-refractivity contribution in [1.82, 2.24) is 15.0 Å². The second-order valence-corrected chi connectivity index (χ2v) is 9.14. The zero-order valence-electron chi connectivity index (χ0n) is 19.5. The van der Waals surface area contributed by atoms with Crippen LogP contribution in [0.1, 0.15) is 43.0 Å². The zero-order chi connectivity index (χ0) is 23.1. The molecular formula is C26H29N3O4. The van der Waals surface area contributed by atoms with E-state index < -0.39 is 0 Å². The summed E-state index contributed by atoms with van der Waals surface area (Å²) in [5.41, 5.74) is 5.27. The molecule has 0 N–H and O–H groups in total. The molecule has 0 unspecified atom stereocenters. The van der Waals surface area contributed by atoms with Gasteiger partial charge < -0.3 is 18.9 Å². The first-order valence-electron chi connectivity index (χ1n) is 11.5. The molecule has 1 aromatic heterocycles. The van der Waals surface area contributed by atoms with Gasteiger partial charge in [-0.1, -0.05) is 23.4 Å². The fourth-order valence-electron chi connectivity index (χ4n) is 5.12. The lowest BCUT2D eigenvalue weighted by atomic mass is 10.0. The van der Waals surface area contributed by atoms with Crippen LogP contribution in [-0.4, -0.2) is 47.3 Å². The standard InChI is InChI=1S/C26H29N3O4/c1-15(2)32-22-9-8-17(12-16(22)3)26-27-25(28-33-26)20-7-5-6-19-21(20)13-18-14-23(30)29(24(18)19)10-11-31-4/h5-9,12,15,18,24H,10-11,13-14H2,1-4H3/t18-,24+/m0/s1. The lowest BCUT2D eigenvalue weighted by molar-refractivity contribution is -0.129. The first-order chi connectivity index (χ1) is 16.0. The van der Waals surface area contributed by atoms with Crippen molar-refractivity contribution in [2.45, 2.75) is 45.8 Å². The SMILES string of the molecule is COCCN1C(=O)C[C@@H]2Cc3c(-c4noc(-c5ccc(OC(C)C)c(C)c5)n4)cccc3[C@@H]21. The average molecular weight is 448 g/mol. The summed E-state index contributed by atoms with van der Waals surface area (Å²) in [6.45, 7) is 7.19. The molecule has 0 saturated carbocycles. The number of methoxy groups -OCH3 is 1. The Morgan fingerprint density at radius 3 is 2.82 bits per heavy atom. The van der Waals surface area contributed by atoms with Crippen molar-refractivity contribution in [1.29, 1.82) is 0 Å². The quantitative estimate of drug-likeness (QED) is 0.527. The molecule has 2 aliphatic rings. The molecule has 7 heteroatoms. The summed E-state index contributed by atoms with van der Waals surface area (Å²) < 4.78 is 16.7. The molecule has 2 atom stereocenters. The van der Waals surface area contributed by atoms with Crippen molar-refractivity contribution in [2.75, 3.05) is 20.3 Å². The highest BCUT2D eigenvalue weighted by molar-refractivity contribution is 5.81. The first-order valence-corrected chi connectivity index (χ1v) is 11.5. The van der Waals surface area contributed by atoms with Crippen molar-refractivity contribution in [3.05, 3.63) is 53.1 Å². The number of aryl methyl sites for hydroxylation is 1. The van der Waals surface area contributed by atoms with Crippen LogP contribution in [0.5, 0.6) is 5.75 Å². The predicted molar refractivity (Wildman–Crippen MR) is 124 cm³/mol. The van der Waals surface area contributed by atoms with Crippen LogP contribution >= 0.6 is 0 Å². The van der Waals surface area contributed by atoms with E-state index in [2.05, 4.69) is 11.2 Å². The van der Waals surface area contributed by atoms with E-state index in [4.69, 9.17) is 19.0 Å². The van der Waals surface area contributed by atoms with Crippen LogP contribution in [-0.2, 0) is 16.0 Å². The van der Waals surface area contributed by atoms with Crippen molar-refractivity contribution in [3.8, 4) is 28.6 Å². The summed E-state index contributed by atoms with van der Waals surface area (Å²) in [6, 6.07) is 12.2. The van der Waals surface area contributed by atoms with Crippen LogP contribution < -0.4 is 4.74 Å². The molecule has 1 fully saturated rings. The largest absolute Gasteiger partial charge is 0.491 e. The average Bonchev–Trinajstić information content (AvgIpc) is 3.47. The Labute approximate surface area is 193 Å². The number of hydrogen-bond donors (Lipinski definition) is 0. The highest BCUT2D eigenvalue weighted by Gasteiger charge is 2.46. The van der Waals surface area contributed by atoms with Crippen LogP contribution in [0, 0.1) is 12.8 Å². The molecule has 1 aliphatic carbocycles. The van der Waals surface area contributed by atoms with E-state index in [1.165, 1.54) is 11.1 Å². The Balaban J connectivity index is 1.44. The van der Waals surface area contributed by atoms with Crippen LogP contribution in [0.2, 0.25) is 0 Å². The maximum absolute atomic E-state index is 12.6. The highest BCUT2D eigenvalue weighted by atomic mass is 16.5. The first kappa shape index (κ1) is 21.6. The Kier molecular flexibility index (Phi) is 5.66. The second kappa shape index (κ2) is 8.63. The molecule has 0 spiro atoms. The molecule has 1 saturated heterocycles. The summed E-state index contributed by atoms with van der Waals surface area (Å²) in [5.74, 6) is 2.41. The lowest BCUT2D eigenvalue weighted by Gasteiger charge is -2.25. The van der Waals surface area contributed by atoms with Crippen molar-refractivity contribution < 1.29 is 18.8 Å². The molecule has 172 valence electrons. The monoisotopic (exact) mass is 447 g/mol. The summed E-state index contributed by atoms with van der Waals surface area (Å²) in [7, 11) is 1.67. The van der Waals surface area contributed by atoms with Crippen molar-refractivity contribution in [2.24, 2.45) is 5.92 Å². The lowest BCUT2D eigenvalue weighted by Crippen LogP contribution is -2.31. The van der Waals surface area contributed by atoms with Gasteiger partial charge in [0.1, 0.15) is 5.75 Å². The summed E-state index contributed by atoms with van der Waals surface area (Å²) in [6.07, 6.45) is 1.53. The van der Waals surface area contributed by atoms with Gasteiger partial charge in [-0.05, 0) is 68.0 Å². The number of nitrogens with zero attached hydrogens (tertiary/aromatic N) is 3. The molecule has 2 aromatic carbocycles. The minimum Gasteiger partial charge on any atom is -0.491 e. The Morgan fingerprint density at radius 1 is 1.21 bits per heavy atom. The molecule has 3 aromatic rings. The number of rotatable bonds is 7. The van der Waals surface area contributed by atoms with Gasteiger partial charge in [-0.25, -0.2) is 0 Å². The Bertz CT molecular complexity index is 1190. The number of carbonyl (C=O) groups is 1. The van der Waals surface area contributed by atoms with Gasteiger partial charge in [-0.15, -0.1) is 0 Å². The Hall–Kier alpha value is -3.19. The molecule has 0 bridgehead atoms. The molecule has 1 aliphatic heterocycles. The third-order valence-electron chi connectivity index (χ3n) is 6.52. The number of benzene rings is 2. The fraction of sp³-hybridized carbons (Fsp3) is 0.423. The minimum absolute atomic E-state index is 0.102. The maximum atomic E-state index is 12.6. The van der Waals surface area contributed by atoms with E-state index in [1.54, 1.807) is 7.11 Å². The molecule has 7 nitrogen and oxygen atoms in total. The van der Waals surface area contributed by atoms with Gasteiger partial charge in [-0.3, -0.25) is 4.79 Å². The Morgan fingerprint density at radius 2 is 2.06 bits per heavy atom. The van der Waals surface area contributed by atoms with Crippen LogP contribution in [0.3, 0.4) is 0 Å². The molecule has 1 amide bonds. The van der Waals surface area contributed by atoms with Crippen molar-refractivity contribution >= 4 is 5.91 Å². The molecule has 2 heterocycles.